The second-order valence-electron chi connectivity index (χ2n) is 13.1. The summed E-state index contributed by atoms with van der Waals surface area (Å²) in [6, 6.07) is 9.83. The highest BCUT2D eigenvalue weighted by molar-refractivity contribution is 7.23. The summed E-state index contributed by atoms with van der Waals surface area (Å²) < 4.78 is 29.2. The topological polar surface area (TPSA) is 85.2 Å². The molecule has 7 heterocycles. The summed E-state index contributed by atoms with van der Waals surface area (Å²) in [4.78, 5) is 26.6. The van der Waals surface area contributed by atoms with Crippen LogP contribution < -0.4 is 19.3 Å². The Morgan fingerprint density at radius 3 is 2.87 bits per heavy atom. The number of anilines is 2. The van der Waals surface area contributed by atoms with Gasteiger partial charge in [0.15, 0.2) is 5.83 Å². The van der Waals surface area contributed by atoms with E-state index in [0.29, 0.717) is 37.9 Å². The van der Waals surface area contributed by atoms with Gasteiger partial charge in [-0.25, -0.2) is 9.37 Å². The van der Waals surface area contributed by atoms with Gasteiger partial charge < -0.3 is 24.2 Å². The van der Waals surface area contributed by atoms with Crippen molar-refractivity contribution in [2.24, 2.45) is 0 Å². The number of hydrogen-bond donors (Lipinski definition) is 0. The second-order valence-corrected chi connectivity index (χ2v) is 14.8. The molecule has 0 spiro atoms. The fourth-order valence-electron chi connectivity index (χ4n) is 8.41. The van der Waals surface area contributed by atoms with E-state index in [1.54, 1.807) is 11.3 Å². The Bertz CT molecular complexity index is 1770. The van der Waals surface area contributed by atoms with Gasteiger partial charge in [0.1, 0.15) is 13.2 Å². The van der Waals surface area contributed by atoms with Gasteiger partial charge in [0, 0.05) is 25.2 Å². The van der Waals surface area contributed by atoms with Crippen molar-refractivity contribution in [3.8, 4) is 17.7 Å². The van der Waals surface area contributed by atoms with Crippen molar-refractivity contribution in [1.29, 1.82) is 5.26 Å². The number of carbonyl (C=O) groups excluding carboxylic acids is 1. The molecule has 0 radical (unpaired) electrons. The molecule has 1 unspecified atom stereocenters. The molecule has 0 N–H and O–H groups in total. The fraction of sp³-hybridized carbons (Fsp3) is 0.500. The maximum Gasteiger partial charge on any atom is 0.282 e. The molecular formula is C34H36ClFN6O3S. The van der Waals surface area contributed by atoms with Crippen LogP contribution in [0.1, 0.15) is 43.4 Å². The summed E-state index contributed by atoms with van der Waals surface area (Å²) in [5.74, 6) is -0.631. The molecule has 5 aliphatic rings. The average molecular weight is 663 g/mol. The van der Waals surface area contributed by atoms with E-state index < -0.39 is 17.8 Å². The maximum atomic E-state index is 14.1. The monoisotopic (exact) mass is 662 g/mol. The summed E-state index contributed by atoms with van der Waals surface area (Å²) in [6.07, 6.45) is 5.43. The predicted octanol–water partition coefficient (Wildman–Crippen LogP) is 5.69. The quantitative estimate of drug-likeness (QED) is 0.311. The number of pyridine rings is 1. The first-order chi connectivity index (χ1) is 22.3. The van der Waals surface area contributed by atoms with Crippen molar-refractivity contribution in [2.45, 2.75) is 62.7 Å². The number of nitriles is 1. The summed E-state index contributed by atoms with van der Waals surface area (Å²) in [6.45, 7) is 8.32. The van der Waals surface area contributed by atoms with Crippen molar-refractivity contribution in [3.05, 3.63) is 52.3 Å². The third-order valence-corrected chi connectivity index (χ3v) is 11.9. The van der Waals surface area contributed by atoms with Crippen LogP contribution in [0.4, 0.5) is 15.8 Å². The minimum atomic E-state index is -1.01. The first kappa shape index (κ1) is 29.8. The van der Waals surface area contributed by atoms with E-state index in [2.05, 4.69) is 45.5 Å². The Balaban J connectivity index is 1.18. The van der Waals surface area contributed by atoms with Gasteiger partial charge in [-0.2, -0.15) is 5.26 Å². The zero-order valence-electron chi connectivity index (χ0n) is 25.6. The number of carbonyl (C=O) groups is 1. The van der Waals surface area contributed by atoms with E-state index in [1.165, 1.54) is 17.7 Å². The van der Waals surface area contributed by atoms with Crippen LogP contribution in [0.3, 0.4) is 0 Å². The molecule has 3 fully saturated rings. The largest absolute Gasteiger partial charge is 0.484 e. The Morgan fingerprint density at radius 2 is 2.09 bits per heavy atom. The molecule has 9 nitrogen and oxygen atoms in total. The Kier molecular flexibility index (Phi) is 7.50. The van der Waals surface area contributed by atoms with Crippen LogP contribution in [-0.4, -0.2) is 84.3 Å². The molecule has 0 bridgehead atoms. The van der Waals surface area contributed by atoms with Crippen molar-refractivity contribution in [3.63, 3.8) is 0 Å². The second kappa shape index (κ2) is 11.6. The summed E-state index contributed by atoms with van der Waals surface area (Å²) >= 11 is 8.01. The van der Waals surface area contributed by atoms with Gasteiger partial charge in [-0.05, 0) is 62.7 Å². The van der Waals surface area contributed by atoms with Crippen LogP contribution in [0.5, 0.6) is 11.6 Å². The summed E-state index contributed by atoms with van der Waals surface area (Å²) in [5.41, 5.74) is 4.15. The van der Waals surface area contributed by atoms with Gasteiger partial charge in [-0.15, -0.1) is 11.3 Å². The molecule has 5 aliphatic heterocycles. The minimum Gasteiger partial charge on any atom is -0.484 e. The number of thiophene rings is 1. The predicted molar refractivity (Wildman–Crippen MR) is 177 cm³/mol. The van der Waals surface area contributed by atoms with Gasteiger partial charge in [0.2, 0.25) is 5.75 Å². The number of benzene rings is 1. The highest BCUT2D eigenvalue weighted by atomic mass is 35.5. The Labute approximate surface area is 276 Å². The standard InChI is InChI=1S/C34H36ClFN6O3S/c1-21(36)33(43)42-17-24-19-44-30-29(41(24)16-23(42)7-11-37)25-8-14-39(27-6-2-5-22-15-28(35)46-31(22)27)18-26(25)38-32(30)45-20-34-9-3-12-40(34)13-4-10-34/h2,5-6,15,23-24H,1,3-4,7-10,12-14,16-20H2/t23-,24?/m0/s1. The van der Waals surface area contributed by atoms with Crippen LogP contribution in [0, 0.1) is 11.3 Å². The lowest BCUT2D eigenvalue weighted by atomic mass is 9.95. The SMILES string of the molecule is C=C(F)C(=O)N1CC2COc3c(OCC45CCCN4CCC5)nc4c(c3N2C[C@@H]1CC#N)CCN(c1cccc2cc(Cl)sc12)C4. The van der Waals surface area contributed by atoms with Gasteiger partial charge in [0.25, 0.3) is 11.8 Å². The van der Waals surface area contributed by atoms with Crippen LogP contribution in [0.15, 0.2) is 36.7 Å². The van der Waals surface area contributed by atoms with Gasteiger partial charge in [0.05, 0.1) is 62.8 Å². The molecule has 3 saturated heterocycles. The number of rotatable bonds is 6. The minimum absolute atomic E-state index is 0.0421. The normalized spacial score (nSPS) is 23.3. The smallest absolute Gasteiger partial charge is 0.282 e. The molecule has 46 heavy (non-hydrogen) atoms. The van der Waals surface area contributed by atoms with Crippen LogP contribution in [0.25, 0.3) is 10.1 Å². The van der Waals surface area contributed by atoms with Gasteiger partial charge in [-0.1, -0.05) is 30.3 Å². The number of amides is 1. The van der Waals surface area contributed by atoms with E-state index in [9.17, 15) is 14.4 Å². The number of piperazine rings is 1. The molecule has 1 aromatic carbocycles. The summed E-state index contributed by atoms with van der Waals surface area (Å²) in [5, 5.41) is 10.8. The van der Waals surface area contributed by atoms with E-state index in [1.807, 2.05) is 6.07 Å². The van der Waals surface area contributed by atoms with E-state index in [0.717, 1.165) is 76.0 Å². The molecule has 240 valence electrons. The Morgan fingerprint density at radius 1 is 1.26 bits per heavy atom. The third kappa shape index (κ3) is 4.88. The average Bonchev–Trinajstić information content (AvgIpc) is 3.76. The van der Waals surface area contributed by atoms with Crippen LogP contribution in [-0.2, 0) is 17.8 Å². The highest BCUT2D eigenvalue weighted by Crippen LogP contribution is 2.49. The molecule has 1 amide bonds. The number of aromatic nitrogens is 1. The first-order valence-electron chi connectivity index (χ1n) is 16.1. The van der Waals surface area contributed by atoms with Crippen LogP contribution >= 0.6 is 22.9 Å². The summed E-state index contributed by atoms with van der Waals surface area (Å²) in [7, 11) is 0. The lowest BCUT2D eigenvalue weighted by molar-refractivity contribution is -0.132. The molecule has 2 aromatic heterocycles. The molecular weight excluding hydrogens is 627 g/mol. The first-order valence-corrected chi connectivity index (χ1v) is 17.3. The molecule has 12 heteroatoms. The van der Waals surface area contributed by atoms with Gasteiger partial charge in [-0.3, -0.25) is 9.69 Å². The van der Waals surface area contributed by atoms with Crippen molar-refractivity contribution in [1.82, 2.24) is 14.8 Å². The van der Waals surface area contributed by atoms with Crippen molar-refractivity contribution >= 4 is 50.3 Å². The van der Waals surface area contributed by atoms with Crippen molar-refractivity contribution < 1.29 is 18.7 Å². The fourth-order valence-corrected chi connectivity index (χ4v) is 9.69. The maximum absolute atomic E-state index is 14.1. The van der Waals surface area contributed by atoms with E-state index >= 15 is 0 Å². The molecule has 3 aromatic rings. The zero-order chi connectivity index (χ0) is 31.6. The lowest BCUT2D eigenvalue weighted by Gasteiger charge is -2.50. The third-order valence-electron chi connectivity index (χ3n) is 10.6. The van der Waals surface area contributed by atoms with E-state index in [-0.39, 0.29) is 24.5 Å². The number of nitrogens with zero attached hydrogens (tertiary/aromatic N) is 6. The number of ether oxygens (including phenoxy) is 2. The number of hydrogen-bond acceptors (Lipinski definition) is 9. The lowest BCUT2D eigenvalue weighted by Crippen LogP contribution is -2.63. The number of fused-ring (bicyclic) bond motifs is 7. The van der Waals surface area contributed by atoms with Crippen molar-refractivity contribution in [2.75, 3.05) is 55.7 Å². The number of halogens is 2. The molecule has 0 saturated carbocycles. The zero-order valence-corrected chi connectivity index (χ0v) is 27.2. The van der Waals surface area contributed by atoms with E-state index in [4.69, 9.17) is 26.1 Å². The molecule has 0 aliphatic carbocycles. The molecule has 8 rings (SSSR count). The van der Waals surface area contributed by atoms with Gasteiger partial charge >= 0.3 is 0 Å². The van der Waals surface area contributed by atoms with Crippen LogP contribution in [0.2, 0.25) is 4.34 Å². The molecule has 2 atom stereocenters. The highest BCUT2D eigenvalue weighted by Gasteiger charge is 2.47. The Hall–Kier alpha value is -3.59.